The van der Waals surface area contributed by atoms with E-state index in [9.17, 15) is 5.11 Å². The Morgan fingerprint density at radius 1 is 1.21 bits per heavy atom. The van der Waals surface area contributed by atoms with Gasteiger partial charge < -0.3 is 24.8 Å². The van der Waals surface area contributed by atoms with E-state index in [-0.39, 0.29) is 6.61 Å². The number of β-amino-alcohol motifs (C(OH)–C–C–N with tert-alkyl or cyclic N) is 1. The van der Waals surface area contributed by atoms with Crippen molar-refractivity contribution in [3.63, 3.8) is 0 Å². The lowest BCUT2D eigenvalue weighted by Crippen LogP contribution is -2.33. The summed E-state index contributed by atoms with van der Waals surface area (Å²) in [4.78, 5) is 2.29. The SMILES string of the molecule is COc1ccc(CNCc2cc(C)n(C)n2)c(OCC(O)CN2CCCC2)c1. The number of aliphatic hydroxyl groups is 1. The predicted molar refractivity (Wildman–Crippen MR) is 109 cm³/mol. The molecule has 1 aromatic carbocycles. The Bertz CT molecular complexity index is 737. The monoisotopic (exact) mass is 388 g/mol. The molecule has 1 atom stereocenters. The molecule has 7 heteroatoms. The Morgan fingerprint density at radius 2 is 2.00 bits per heavy atom. The fourth-order valence-corrected chi connectivity index (χ4v) is 3.49. The molecular weight excluding hydrogens is 356 g/mol. The summed E-state index contributed by atoms with van der Waals surface area (Å²) < 4.78 is 13.2. The number of aliphatic hydroxyl groups excluding tert-OH is 1. The second-order valence-corrected chi connectivity index (χ2v) is 7.45. The maximum Gasteiger partial charge on any atom is 0.127 e. The quantitative estimate of drug-likeness (QED) is 0.647. The average molecular weight is 389 g/mol. The maximum atomic E-state index is 10.3. The van der Waals surface area contributed by atoms with Gasteiger partial charge in [0, 0.05) is 44.0 Å². The molecule has 2 aromatic rings. The molecule has 1 aliphatic heterocycles. The molecule has 1 aromatic heterocycles. The van der Waals surface area contributed by atoms with Gasteiger partial charge in [0.15, 0.2) is 0 Å². The third kappa shape index (κ3) is 5.70. The van der Waals surface area contributed by atoms with E-state index in [0.717, 1.165) is 41.5 Å². The van der Waals surface area contributed by atoms with Gasteiger partial charge in [0.1, 0.15) is 24.2 Å². The van der Waals surface area contributed by atoms with Crippen LogP contribution in [-0.4, -0.2) is 59.2 Å². The molecule has 2 N–H and O–H groups in total. The number of hydrogen-bond acceptors (Lipinski definition) is 6. The highest BCUT2D eigenvalue weighted by atomic mass is 16.5. The standard InChI is InChI=1S/C21H32N4O3/c1-16-10-18(23-24(16)2)13-22-12-17-6-7-20(27-3)11-21(17)28-15-19(26)14-25-8-4-5-9-25/h6-7,10-11,19,22,26H,4-5,8-9,12-15H2,1-3H3. The Labute approximate surface area is 167 Å². The minimum Gasteiger partial charge on any atom is -0.497 e. The van der Waals surface area contributed by atoms with Crippen molar-refractivity contribution in [1.82, 2.24) is 20.0 Å². The smallest absolute Gasteiger partial charge is 0.127 e. The Balaban J connectivity index is 1.55. The minimum absolute atomic E-state index is 0.274. The van der Waals surface area contributed by atoms with Gasteiger partial charge in [-0.2, -0.15) is 5.10 Å². The topological polar surface area (TPSA) is 71.8 Å². The van der Waals surface area contributed by atoms with E-state index in [1.165, 1.54) is 12.8 Å². The number of nitrogens with one attached hydrogen (secondary N) is 1. The summed E-state index contributed by atoms with van der Waals surface area (Å²) in [6.45, 7) is 6.45. The van der Waals surface area contributed by atoms with Crippen LogP contribution < -0.4 is 14.8 Å². The average Bonchev–Trinajstić information content (AvgIpc) is 3.30. The summed E-state index contributed by atoms with van der Waals surface area (Å²) in [5, 5.41) is 18.2. The zero-order valence-corrected chi connectivity index (χ0v) is 17.1. The molecule has 0 aliphatic carbocycles. The van der Waals surface area contributed by atoms with Crippen molar-refractivity contribution in [1.29, 1.82) is 0 Å². The first kappa shape index (κ1) is 20.6. The number of nitrogens with zero attached hydrogens (tertiary/aromatic N) is 3. The van der Waals surface area contributed by atoms with Crippen LogP contribution in [0.15, 0.2) is 24.3 Å². The van der Waals surface area contributed by atoms with Crippen LogP contribution in [0.2, 0.25) is 0 Å². The maximum absolute atomic E-state index is 10.3. The fourth-order valence-electron chi connectivity index (χ4n) is 3.49. The van der Waals surface area contributed by atoms with Crippen molar-refractivity contribution in [2.45, 2.75) is 39.0 Å². The summed E-state index contributed by atoms with van der Waals surface area (Å²) >= 11 is 0. The van der Waals surface area contributed by atoms with Gasteiger partial charge in [-0.3, -0.25) is 4.68 Å². The number of methoxy groups -OCH3 is 1. The molecule has 1 saturated heterocycles. The number of likely N-dealkylation sites (tertiary alicyclic amines) is 1. The number of aromatic nitrogens is 2. The molecule has 0 amide bonds. The van der Waals surface area contributed by atoms with E-state index < -0.39 is 6.10 Å². The third-order valence-corrected chi connectivity index (χ3v) is 5.16. The second-order valence-electron chi connectivity index (χ2n) is 7.45. The van der Waals surface area contributed by atoms with E-state index in [1.54, 1.807) is 7.11 Å². The molecule has 0 spiro atoms. The highest BCUT2D eigenvalue weighted by Crippen LogP contribution is 2.25. The number of hydrogen-bond donors (Lipinski definition) is 2. The summed E-state index contributed by atoms with van der Waals surface area (Å²) in [6.07, 6.45) is 1.94. The molecule has 0 bridgehead atoms. The Hall–Kier alpha value is -2.09. The lowest BCUT2D eigenvalue weighted by Gasteiger charge is -2.20. The first-order valence-electron chi connectivity index (χ1n) is 9.95. The molecule has 1 unspecified atom stereocenters. The fraction of sp³-hybridized carbons (Fsp3) is 0.571. The van der Waals surface area contributed by atoms with E-state index in [2.05, 4.69) is 21.4 Å². The van der Waals surface area contributed by atoms with Gasteiger partial charge in [0.25, 0.3) is 0 Å². The van der Waals surface area contributed by atoms with Gasteiger partial charge in [-0.1, -0.05) is 6.07 Å². The molecule has 2 heterocycles. The van der Waals surface area contributed by atoms with Crippen molar-refractivity contribution >= 4 is 0 Å². The van der Waals surface area contributed by atoms with E-state index in [4.69, 9.17) is 9.47 Å². The van der Waals surface area contributed by atoms with Gasteiger partial charge in [-0.25, -0.2) is 0 Å². The van der Waals surface area contributed by atoms with Crippen molar-refractivity contribution in [2.24, 2.45) is 7.05 Å². The zero-order chi connectivity index (χ0) is 19.9. The largest absolute Gasteiger partial charge is 0.497 e. The zero-order valence-electron chi connectivity index (χ0n) is 17.1. The molecule has 7 nitrogen and oxygen atoms in total. The van der Waals surface area contributed by atoms with Crippen molar-refractivity contribution in [2.75, 3.05) is 33.4 Å². The summed E-state index contributed by atoms with van der Waals surface area (Å²) in [5.41, 5.74) is 3.18. The van der Waals surface area contributed by atoms with Crippen LogP contribution in [0.4, 0.5) is 0 Å². The first-order valence-corrected chi connectivity index (χ1v) is 9.95. The summed E-state index contributed by atoms with van der Waals surface area (Å²) in [6, 6.07) is 7.88. The lowest BCUT2D eigenvalue weighted by molar-refractivity contribution is 0.0753. The molecular formula is C21H32N4O3. The summed E-state index contributed by atoms with van der Waals surface area (Å²) in [5.74, 6) is 1.48. The van der Waals surface area contributed by atoms with Crippen molar-refractivity contribution < 1.29 is 14.6 Å². The van der Waals surface area contributed by atoms with Crippen LogP contribution in [0.5, 0.6) is 11.5 Å². The number of rotatable bonds is 10. The van der Waals surface area contributed by atoms with Gasteiger partial charge >= 0.3 is 0 Å². The molecule has 0 radical (unpaired) electrons. The third-order valence-electron chi connectivity index (χ3n) is 5.16. The number of benzene rings is 1. The van der Waals surface area contributed by atoms with Crippen LogP contribution in [0.25, 0.3) is 0 Å². The second kappa shape index (κ2) is 9.91. The first-order chi connectivity index (χ1) is 13.5. The minimum atomic E-state index is -0.499. The van der Waals surface area contributed by atoms with Crippen molar-refractivity contribution in [3.05, 3.63) is 41.2 Å². The van der Waals surface area contributed by atoms with Gasteiger partial charge in [-0.05, 0) is 45.0 Å². The highest BCUT2D eigenvalue weighted by molar-refractivity contribution is 5.40. The lowest BCUT2D eigenvalue weighted by atomic mass is 10.2. The predicted octanol–water partition coefficient (Wildman–Crippen LogP) is 1.86. The van der Waals surface area contributed by atoms with E-state index in [1.807, 2.05) is 36.9 Å². The van der Waals surface area contributed by atoms with Crippen LogP contribution in [-0.2, 0) is 20.1 Å². The number of ether oxygens (including phenoxy) is 2. The van der Waals surface area contributed by atoms with Crippen LogP contribution in [0, 0.1) is 6.92 Å². The van der Waals surface area contributed by atoms with E-state index >= 15 is 0 Å². The Morgan fingerprint density at radius 3 is 2.68 bits per heavy atom. The van der Waals surface area contributed by atoms with Crippen molar-refractivity contribution in [3.8, 4) is 11.5 Å². The van der Waals surface area contributed by atoms with Gasteiger partial charge in [0.05, 0.1) is 12.8 Å². The summed E-state index contributed by atoms with van der Waals surface area (Å²) in [7, 11) is 3.59. The molecule has 1 aliphatic rings. The van der Waals surface area contributed by atoms with Crippen LogP contribution in [0.3, 0.4) is 0 Å². The Kier molecular flexibility index (Phi) is 7.30. The van der Waals surface area contributed by atoms with Gasteiger partial charge in [-0.15, -0.1) is 0 Å². The molecule has 28 heavy (non-hydrogen) atoms. The van der Waals surface area contributed by atoms with Crippen LogP contribution >= 0.6 is 0 Å². The van der Waals surface area contributed by atoms with Gasteiger partial charge in [0.2, 0.25) is 0 Å². The molecule has 154 valence electrons. The van der Waals surface area contributed by atoms with Crippen LogP contribution in [0.1, 0.15) is 29.8 Å². The number of aryl methyl sites for hydroxylation is 2. The molecule has 3 rings (SSSR count). The molecule has 0 saturated carbocycles. The highest BCUT2D eigenvalue weighted by Gasteiger charge is 2.17. The molecule has 1 fully saturated rings. The normalized spacial score (nSPS) is 15.7. The van der Waals surface area contributed by atoms with E-state index in [0.29, 0.717) is 19.6 Å².